The molecule has 1 aromatic heterocycles. The van der Waals surface area contributed by atoms with Gasteiger partial charge in [-0.3, -0.25) is 25.0 Å². The first-order chi connectivity index (χ1) is 16.3. The maximum absolute atomic E-state index is 13.0. The van der Waals surface area contributed by atoms with Crippen LogP contribution in [0.5, 0.6) is 5.75 Å². The van der Waals surface area contributed by atoms with E-state index in [1.165, 1.54) is 30.3 Å². The van der Waals surface area contributed by atoms with Crippen LogP contribution in [0, 0.1) is 17.0 Å². The molecule has 1 N–H and O–H groups in total. The molecule has 10 heteroatoms. The van der Waals surface area contributed by atoms with E-state index in [9.17, 15) is 24.5 Å². The molecule has 1 saturated heterocycles. The topological polar surface area (TPSA) is 132 Å². The van der Waals surface area contributed by atoms with Gasteiger partial charge in [-0.05, 0) is 68.0 Å². The standard InChI is InChI=1S/C24H19N3O7/c1-3-33-17-7-4-15(5-8-17)26-23(29)20(22(28)25-24(26)30)13-18-9-11-21(34-18)19-10-6-16(27(31)32)12-14(19)2/h4-13H,3H2,1-2H3,(H,25,28,30). The van der Waals surface area contributed by atoms with Crippen molar-refractivity contribution in [2.45, 2.75) is 13.8 Å². The molecular formula is C24H19N3O7. The number of aryl methyl sites for hydroxylation is 1. The van der Waals surface area contributed by atoms with Gasteiger partial charge in [0.05, 0.1) is 17.2 Å². The minimum atomic E-state index is -0.863. The van der Waals surface area contributed by atoms with Crippen LogP contribution in [0.1, 0.15) is 18.2 Å². The molecule has 0 radical (unpaired) electrons. The normalized spacial score (nSPS) is 14.9. The molecule has 0 saturated carbocycles. The summed E-state index contributed by atoms with van der Waals surface area (Å²) in [5.41, 5.74) is 1.20. The molecule has 3 aromatic rings. The SMILES string of the molecule is CCOc1ccc(N2C(=O)NC(=O)C(=Cc3ccc(-c4ccc([N+](=O)[O-])cc4C)o3)C2=O)cc1. The molecule has 10 nitrogen and oxygen atoms in total. The van der Waals surface area contributed by atoms with Crippen LogP contribution < -0.4 is 15.0 Å². The van der Waals surface area contributed by atoms with Crippen molar-refractivity contribution in [3.8, 4) is 17.1 Å². The van der Waals surface area contributed by atoms with Crippen molar-refractivity contribution >= 4 is 35.3 Å². The van der Waals surface area contributed by atoms with Crippen LogP contribution in [-0.2, 0) is 9.59 Å². The van der Waals surface area contributed by atoms with E-state index < -0.39 is 22.8 Å². The molecule has 0 bridgehead atoms. The Morgan fingerprint density at radius 1 is 1.09 bits per heavy atom. The lowest BCUT2D eigenvalue weighted by molar-refractivity contribution is -0.384. The maximum Gasteiger partial charge on any atom is 0.335 e. The number of barbiturate groups is 1. The number of imide groups is 2. The lowest BCUT2D eigenvalue weighted by Crippen LogP contribution is -2.54. The van der Waals surface area contributed by atoms with Gasteiger partial charge in [-0.15, -0.1) is 0 Å². The molecule has 4 amide bonds. The predicted octanol–water partition coefficient (Wildman–Crippen LogP) is 4.23. The highest BCUT2D eigenvalue weighted by atomic mass is 16.6. The van der Waals surface area contributed by atoms with Crippen LogP contribution in [-0.4, -0.2) is 29.4 Å². The Balaban J connectivity index is 1.63. The predicted molar refractivity (Wildman–Crippen MR) is 122 cm³/mol. The van der Waals surface area contributed by atoms with E-state index in [0.717, 1.165) is 4.90 Å². The minimum Gasteiger partial charge on any atom is -0.494 e. The summed E-state index contributed by atoms with van der Waals surface area (Å²) < 4.78 is 11.1. The number of nitro groups is 1. The number of ether oxygens (including phenoxy) is 1. The first-order valence-electron chi connectivity index (χ1n) is 10.3. The smallest absolute Gasteiger partial charge is 0.335 e. The van der Waals surface area contributed by atoms with E-state index in [1.807, 2.05) is 6.92 Å². The van der Waals surface area contributed by atoms with E-state index in [-0.39, 0.29) is 22.7 Å². The molecule has 0 aliphatic carbocycles. The number of nitrogens with zero attached hydrogens (tertiary/aromatic N) is 2. The highest BCUT2D eigenvalue weighted by Crippen LogP contribution is 2.30. The molecule has 172 valence electrons. The number of non-ortho nitro benzene ring substituents is 1. The molecule has 0 unspecified atom stereocenters. The van der Waals surface area contributed by atoms with Crippen LogP contribution in [0.3, 0.4) is 0 Å². The van der Waals surface area contributed by atoms with E-state index in [1.54, 1.807) is 37.3 Å². The van der Waals surface area contributed by atoms with Crippen LogP contribution in [0.25, 0.3) is 17.4 Å². The van der Waals surface area contributed by atoms with Gasteiger partial charge in [-0.25, -0.2) is 9.69 Å². The number of furan rings is 1. The van der Waals surface area contributed by atoms with E-state index >= 15 is 0 Å². The molecular weight excluding hydrogens is 442 g/mol. The number of anilines is 1. The van der Waals surface area contributed by atoms with Gasteiger partial charge in [0, 0.05) is 17.7 Å². The van der Waals surface area contributed by atoms with Gasteiger partial charge in [-0.2, -0.15) is 0 Å². The van der Waals surface area contributed by atoms with Crippen molar-refractivity contribution in [2.75, 3.05) is 11.5 Å². The monoisotopic (exact) mass is 461 g/mol. The van der Waals surface area contributed by atoms with Gasteiger partial charge in [0.25, 0.3) is 17.5 Å². The largest absolute Gasteiger partial charge is 0.494 e. The van der Waals surface area contributed by atoms with Gasteiger partial charge < -0.3 is 9.15 Å². The molecule has 2 heterocycles. The second-order valence-electron chi connectivity index (χ2n) is 7.34. The summed E-state index contributed by atoms with van der Waals surface area (Å²) in [5, 5.41) is 13.1. The van der Waals surface area contributed by atoms with Gasteiger partial charge in [0.1, 0.15) is 22.8 Å². The minimum absolute atomic E-state index is 0.0429. The average molecular weight is 461 g/mol. The highest BCUT2D eigenvalue weighted by Gasteiger charge is 2.37. The quantitative estimate of drug-likeness (QED) is 0.251. The fraction of sp³-hybridized carbons (Fsp3) is 0.125. The van der Waals surface area contributed by atoms with Gasteiger partial charge in [0.15, 0.2) is 0 Å². The van der Waals surface area contributed by atoms with Crippen molar-refractivity contribution in [3.63, 3.8) is 0 Å². The number of nitrogens with one attached hydrogen (secondary N) is 1. The number of carbonyl (C=O) groups is 3. The molecule has 4 rings (SSSR count). The number of benzene rings is 2. The van der Waals surface area contributed by atoms with Crippen LogP contribution in [0.4, 0.5) is 16.2 Å². The summed E-state index contributed by atoms with van der Waals surface area (Å²) >= 11 is 0. The molecule has 0 atom stereocenters. The zero-order valence-corrected chi connectivity index (χ0v) is 18.2. The third kappa shape index (κ3) is 4.29. The van der Waals surface area contributed by atoms with E-state index in [4.69, 9.17) is 9.15 Å². The fourth-order valence-electron chi connectivity index (χ4n) is 3.51. The number of hydrogen-bond donors (Lipinski definition) is 1. The highest BCUT2D eigenvalue weighted by molar-refractivity contribution is 6.39. The third-order valence-electron chi connectivity index (χ3n) is 5.11. The second-order valence-corrected chi connectivity index (χ2v) is 7.34. The number of amides is 4. The summed E-state index contributed by atoms with van der Waals surface area (Å²) in [6.45, 7) is 4.01. The zero-order valence-electron chi connectivity index (χ0n) is 18.2. The maximum atomic E-state index is 13.0. The number of carbonyl (C=O) groups excluding carboxylic acids is 3. The van der Waals surface area contributed by atoms with E-state index in [0.29, 0.717) is 29.2 Å². The summed E-state index contributed by atoms with van der Waals surface area (Å²) in [6, 6.07) is 13.0. The molecule has 1 aliphatic heterocycles. The molecule has 1 aliphatic rings. The number of nitro benzene ring substituents is 1. The first kappa shape index (κ1) is 22.5. The van der Waals surface area contributed by atoms with Crippen molar-refractivity contribution in [2.24, 2.45) is 0 Å². The van der Waals surface area contributed by atoms with E-state index in [2.05, 4.69) is 5.32 Å². The Kier molecular flexibility index (Phi) is 5.96. The molecule has 1 fully saturated rings. The second kappa shape index (κ2) is 9.02. The molecule has 2 aromatic carbocycles. The lowest BCUT2D eigenvalue weighted by atomic mass is 10.1. The molecule has 34 heavy (non-hydrogen) atoms. The average Bonchev–Trinajstić information content (AvgIpc) is 3.26. The summed E-state index contributed by atoms with van der Waals surface area (Å²) in [7, 11) is 0. The Morgan fingerprint density at radius 3 is 2.47 bits per heavy atom. The Hall–Kier alpha value is -4.73. The molecule has 0 spiro atoms. The summed E-state index contributed by atoms with van der Waals surface area (Å²) in [4.78, 5) is 49.1. The number of rotatable bonds is 6. The summed E-state index contributed by atoms with van der Waals surface area (Å²) in [6.07, 6.45) is 1.25. The first-order valence-corrected chi connectivity index (χ1v) is 10.3. The van der Waals surface area contributed by atoms with Gasteiger partial charge in [0.2, 0.25) is 0 Å². The Morgan fingerprint density at radius 2 is 1.82 bits per heavy atom. The fourth-order valence-corrected chi connectivity index (χ4v) is 3.51. The Bertz CT molecular complexity index is 1340. The third-order valence-corrected chi connectivity index (χ3v) is 5.11. The van der Waals surface area contributed by atoms with Crippen molar-refractivity contribution in [3.05, 3.63) is 81.6 Å². The van der Waals surface area contributed by atoms with Crippen LogP contribution in [0.15, 0.2) is 64.6 Å². The lowest BCUT2D eigenvalue weighted by Gasteiger charge is -2.26. The summed E-state index contributed by atoms with van der Waals surface area (Å²) in [5.74, 6) is -0.466. The number of hydrogen-bond acceptors (Lipinski definition) is 7. The Labute approximate surface area is 193 Å². The van der Waals surface area contributed by atoms with Crippen molar-refractivity contribution in [1.29, 1.82) is 0 Å². The van der Waals surface area contributed by atoms with Gasteiger partial charge >= 0.3 is 6.03 Å². The zero-order chi connectivity index (χ0) is 24.4. The van der Waals surface area contributed by atoms with Crippen LogP contribution in [0.2, 0.25) is 0 Å². The van der Waals surface area contributed by atoms with Crippen LogP contribution >= 0.6 is 0 Å². The van der Waals surface area contributed by atoms with Crippen molar-refractivity contribution in [1.82, 2.24) is 5.32 Å². The van der Waals surface area contributed by atoms with Crippen molar-refractivity contribution < 1.29 is 28.5 Å². The van der Waals surface area contributed by atoms with Gasteiger partial charge in [-0.1, -0.05) is 0 Å². The number of urea groups is 1.